The molecule has 0 unspecified atom stereocenters. The van der Waals surface area contributed by atoms with Crippen molar-refractivity contribution in [3.8, 4) is 0 Å². The summed E-state index contributed by atoms with van der Waals surface area (Å²) >= 11 is 0. The van der Waals surface area contributed by atoms with Crippen LogP contribution in [0, 0.1) is 41.7 Å². The summed E-state index contributed by atoms with van der Waals surface area (Å²) in [6.07, 6.45) is 0. The number of rotatable bonds is 0. The minimum atomic E-state index is -4.61. The van der Waals surface area contributed by atoms with Gasteiger partial charge in [-0.15, -0.1) is 0 Å². The van der Waals surface area contributed by atoms with E-state index in [9.17, 15) is 0 Å². The van der Waals surface area contributed by atoms with Gasteiger partial charge in [-0.1, -0.05) is 0 Å². The first-order valence-corrected chi connectivity index (χ1v) is 2.68. The Kier molecular flexibility index (Phi) is 13.9. The maximum atomic E-state index is 7.33. The molecule has 0 aromatic heterocycles. The Labute approximate surface area is 85.9 Å². The minimum absolute atomic E-state index is 0. The smallest absolute Gasteiger partial charge is 0.368 e. The largest absolute Gasteiger partial charge is 0.668 e. The normalized spacial score (nSPS) is 8.57. The second-order valence-electron chi connectivity index (χ2n) is 0.600. The fraction of sp³-hybridized carbons (Fsp3) is 0. The maximum absolute atomic E-state index is 7.33. The van der Waals surface area contributed by atoms with E-state index < -0.39 is 9.05 Å². The van der Waals surface area contributed by atoms with Crippen LogP contribution in [0.25, 0.3) is 0 Å². The van der Waals surface area contributed by atoms with Gasteiger partial charge in [0.05, 0.1) is 0 Å². The van der Waals surface area contributed by atoms with Crippen molar-refractivity contribution in [3.63, 3.8) is 0 Å². The molecule has 7 heteroatoms. The summed E-state index contributed by atoms with van der Waals surface area (Å²) in [7, 11) is -4.61. The molecule has 4 N–H and O–H groups in total. The average molecular weight is 292 g/mol. The summed E-state index contributed by atoms with van der Waals surface area (Å²) in [5, 5.41) is 0. The quantitative estimate of drug-likeness (QED) is 0.369. The van der Waals surface area contributed by atoms with Crippen molar-refractivity contribution in [3.05, 3.63) is 0 Å². The van der Waals surface area contributed by atoms with Crippen molar-refractivity contribution in [2.75, 3.05) is 0 Å². The van der Waals surface area contributed by atoms with Gasteiger partial charge in [-0.2, -0.15) is 0 Å². The van der Waals surface area contributed by atoms with Gasteiger partial charge in [-0.05, 0) is 0 Å². The Morgan fingerprint density at radius 2 is 0.857 bits per heavy atom. The van der Waals surface area contributed by atoms with E-state index in [1.54, 1.807) is 0 Å². The first kappa shape index (κ1) is 16.0. The zero-order valence-corrected chi connectivity index (χ0v) is 8.39. The summed E-state index contributed by atoms with van der Waals surface area (Å²) in [5.74, 6) is 0. The fourth-order valence-corrected chi connectivity index (χ4v) is 0. The van der Waals surface area contributed by atoms with Gasteiger partial charge in [0.25, 0.3) is 0 Å². The number of hydrogen-bond acceptors (Lipinski definition) is 4. The molecule has 0 fully saturated rings. The molecule has 0 aliphatic carbocycles. The second kappa shape index (κ2) is 6.08. The first-order valence-electron chi connectivity index (χ1n) is 0.894. The molecule has 0 aliphatic heterocycles. The van der Waals surface area contributed by atoms with Crippen molar-refractivity contribution in [2.45, 2.75) is 0 Å². The summed E-state index contributed by atoms with van der Waals surface area (Å²) in [5.41, 5.74) is 0. The van der Waals surface area contributed by atoms with Crippen LogP contribution < -0.4 is 0 Å². The van der Waals surface area contributed by atoms with Gasteiger partial charge in [0.2, 0.25) is 0 Å². The summed E-state index contributed by atoms with van der Waals surface area (Å²) in [6, 6.07) is 0. The van der Waals surface area contributed by atoms with Gasteiger partial charge >= 0.3 is 9.05 Å². The molecule has 0 spiro atoms. The van der Waals surface area contributed by atoms with Crippen LogP contribution in [0.1, 0.15) is 0 Å². The van der Waals surface area contributed by atoms with Crippen molar-refractivity contribution < 1.29 is 78.0 Å². The third-order valence-electron chi connectivity index (χ3n) is 0. The van der Waals surface area contributed by atoms with Crippen molar-refractivity contribution >= 4 is 9.05 Å². The molecule has 0 rings (SSSR count). The second-order valence-corrected chi connectivity index (χ2v) is 1.80. The summed E-state index contributed by atoms with van der Waals surface area (Å²) in [6.45, 7) is 0. The Morgan fingerprint density at radius 1 is 0.857 bits per heavy atom. The van der Waals surface area contributed by atoms with Crippen molar-refractivity contribution in [1.29, 1.82) is 0 Å². The van der Waals surface area contributed by atoms with Crippen molar-refractivity contribution in [2.24, 2.45) is 0 Å². The Balaban J connectivity index is -0.0000000800. The van der Waals surface area contributed by atoms with Crippen LogP contribution in [0.3, 0.4) is 0 Å². The van der Waals surface area contributed by atoms with E-state index in [4.69, 9.17) is 19.2 Å². The third-order valence-corrected chi connectivity index (χ3v) is 0. The monoisotopic (exact) mass is 292 g/mol. The first-order chi connectivity index (χ1) is 2.00. The van der Waals surface area contributed by atoms with Gasteiger partial charge in [-0.3, -0.25) is 0 Å². The van der Waals surface area contributed by atoms with Crippen LogP contribution in [0.15, 0.2) is 0 Å². The van der Waals surface area contributed by atoms with E-state index in [0.29, 0.717) is 0 Å². The van der Waals surface area contributed by atoms with E-state index >= 15 is 0 Å². The van der Waals surface area contributed by atoms with E-state index in [2.05, 4.69) is 0 Å². The van der Waals surface area contributed by atoms with Crippen LogP contribution >= 0.6 is 0 Å². The predicted molar refractivity (Wildman–Crippen MR) is 14.6 cm³/mol. The molecule has 0 saturated heterocycles. The third kappa shape index (κ3) is 73.9. The Hall–Kier alpha value is 1.95. The minimum Gasteiger partial charge on any atom is -0.368 e. The van der Waals surface area contributed by atoms with E-state index in [0.717, 1.165) is 0 Å². The summed E-state index contributed by atoms with van der Waals surface area (Å²) < 4.78 is 0. The predicted octanol–water partition coefficient (Wildman–Crippen LogP) is -2.61. The van der Waals surface area contributed by atoms with Gasteiger partial charge in [-0.25, -0.2) is 0 Å². The molecule has 0 aromatic rings. The van der Waals surface area contributed by atoms with Crippen LogP contribution in [0.4, 0.5) is 0 Å². The van der Waals surface area contributed by atoms with Gasteiger partial charge in [0.15, 0.2) is 0 Å². The molecule has 0 saturated carbocycles. The summed E-state index contributed by atoms with van der Waals surface area (Å²) in [4.78, 5) is 29.3. The average Bonchev–Trinajstić information content (AvgIpc) is 0.722. The van der Waals surface area contributed by atoms with Gasteiger partial charge in [0, 0.05) is 58.8 Å². The standard InChI is InChI=1S/Ce.Fe.H4O4Si/c;;1-5(2,3)4/h;;1-4H. The van der Waals surface area contributed by atoms with Crippen LogP contribution in [-0.4, -0.2) is 28.2 Å². The molecule has 44 valence electrons. The molecular weight excluding hydrogens is 288 g/mol. The number of hydrogen-bond donors (Lipinski definition) is 4. The topological polar surface area (TPSA) is 80.9 Å². The Bertz CT molecular complexity index is 27.2. The molecule has 0 atom stereocenters. The van der Waals surface area contributed by atoms with E-state index in [1.165, 1.54) is 0 Å². The van der Waals surface area contributed by atoms with Gasteiger partial charge < -0.3 is 19.2 Å². The van der Waals surface area contributed by atoms with Crippen LogP contribution in [0.2, 0.25) is 0 Å². The Morgan fingerprint density at radius 3 is 0.857 bits per heavy atom. The molecule has 4 nitrogen and oxygen atoms in total. The van der Waals surface area contributed by atoms with Crippen LogP contribution in [0.5, 0.6) is 0 Å². The molecule has 0 bridgehead atoms. The molecule has 7 heavy (non-hydrogen) atoms. The molecule has 0 aromatic carbocycles. The van der Waals surface area contributed by atoms with Crippen molar-refractivity contribution in [1.82, 2.24) is 0 Å². The maximum Gasteiger partial charge on any atom is 0.668 e. The van der Waals surface area contributed by atoms with Crippen LogP contribution in [-0.2, 0) is 17.1 Å². The zero-order valence-electron chi connectivity index (χ0n) is 3.14. The molecule has 0 amide bonds. The molecular formula is H4CeFeO4Si. The SMILES string of the molecule is O[Si](O)(O)O.[Ce].[Fe]. The van der Waals surface area contributed by atoms with Gasteiger partial charge in [0.1, 0.15) is 0 Å². The van der Waals surface area contributed by atoms with E-state index in [-0.39, 0.29) is 58.8 Å². The van der Waals surface area contributed by atoms with E-state index in [1.807, 2.05) is 0 Å². The fourth-order valence-electron chi connectivity index (χ4n) is 0. The molecule has 0 aliphatic rings. The molecule has 0 radical (unpaired) electrons. The molecule has 0 heterocycles. The zero-order chi connectivity index (χ0) is 4.50.